The Hall–Kier alpha value is -4.83. The Bertz CT molecular complexity index is 1890. The molecule has 2 atom stereocenters. The molecular weight excluding hydrogens is 490 g/mol. The first kappa shape index (κ1) is 24.2. The van der Waals surface area contributed by atoms with E-state index in [1.54, 1.807) is 0 Å². The van der Waals surface area contributed by atoms with Crippen molar-refractivity contribution in [3.05, 3.63) is 139 Å². The summed E-state index contributed by atoms with van der Waals surface area (Å²) in [5.41, 5.74) is 10.5. The predicted octanol–water partition coefficient (Wildman–Crippen LogP) is 8.61. The molecule has 5 aromatic rings. The second kappa shape index (κ2) is 9.73. The molecule has 0 saturated carbocycles. The van der Waals surface area contributed by atoms with Gasteiger partial charge in [-0.2, -0.15) is 0 Å². The smallest absolute Gasteiger partial charge is 0.227 e. The van der Waals surface area contributed by atoms with Gasteiger partial charge in [0.05, 0.1) is 23.2 Å². The van der Waals surface area contributed by atoms with Gasteiger partial charge in [-0.15, -0.1) is 0 Å². The summed E-state index contributed by atoms with van der Waals surface area (Å²) in [6.45, 7) is 12.5. The van der Waals surface area contributed by atoms with Gasteiger partial charge in [0.1, 0.15) is 5.58 Å². The Morgan fingerprint density at radius 1 is 0.825 bits per heavy atom. The van der Waals surface area contributed by atoms with Crippen LogP contribution < -0.4 is 0 Å². The third-order valence-corrected chi connectivity index (χ3v) is 8.16. The fraction of sp³-hybridized carbons (Fsp3) is 0.139. The summed E-state index contributed by atoms with van der Waals surface area (Å²) in [4.78, 5) is 15.0. The molecule has 2 aliphatic rings. The van der Waals surface area contributed by atoms with Crippen molar-refractivity contribution in [3.63, 3.8) is 0 Å². The number of aliphatic imine (C=N–C) groups is 2. The van der Waals surface area contributed by atoms with E-state index in [1.807, 2.05) is 30.4 Å². The highest BCUT2D eigenvalue weighted by molar-refractivity contribution is 6.19. The topological polar surface area (TPSA) is 50.8 Å². The number of nitrogens with zero attached hydrogens (tertiary/aromatic N) is 3. The molecule has 194 valence electrons. The lowest BCUT2D eigenvalue weighted by Gasteiger charge is -2.32. The van der Waals surface area contributed by atoms with Crippen LogP contribution in [0.5, 0.6) is 0 Å². The number of aromatic nitrogens is 1. The molecule has 4 heteroatoms. The minimum Gasteiger partial charge on any atom is -0.437 e. The monoisotopic (exact) mass is 519 g/mol. The van der Waals surface area contributed by atoms with Crippen LogP contribution in [0.1, 0.15) is 41.0 Å². The van der Waals surface area contributed by atoms with Crippen LogP contribution in [0.15, 0.2) is 131 Å². The first-order valence-corrected chi connectivity index (χ1v) is 13.7. The van der Waals surface area contributed by atoms with Crippen LogP contribution in [0.4, 0.5) is 0 Å². The minimum atomic E-state index is 0.0577. The maximum absolute atomic E-state index is 6.54. The Balaban J connectivity index is 1.39. The molecule has 4 nitrogen and oxygen atoms in total. The van der Waals surface area contributed by atoms with E-state index >= 15 is 0 Å². The van der Waals surface area contributed by atoms with E-state index in [0.29, 0.717) is 12.1 Å². The van der Waals surface area contributed by atoms with Gasteiger partial charge in [-0.25, -0.2) is 4.98 Å². The maximum atomic E-state index is 6.54. The van der Waals surface area contributed by atoms with Gasteiger partial charge in [0.2, 0.25) is 5.71 Å². The van der Waals surface area contributed by atoms with Gasteiger partial charge in [0.15, 0.2) is 0 Å². The van der Waals surface area contributed by atoms with Crippen molar-refractivity contribution in [2.24, 2.45) is 9.98 Å². The van der Waals surface area contributed by atoms with Crippen molar-refractivity contribution in [3.8, 4) is 11.3 Å². The van der Waals surface area contributed by atoms with Crippen molar-refractivity contribution in [2.75, 3.05) is 0 Å². The molecule has 3 aromatic carbocycles. The lowest BCUT2D eigenvalue weighted by atomic mass is 9.78. The molecule has 0 fully saturated rings. The average Bonchev–Trinajstić information content (AvgIpc) is 3.37. The SMILES string of the molecule is C=CC1=NC2CC(=C)/N=C(/C=C)c3c(ccc4c3oc3nc(-c5ccccc5)ccc34)CCC2c2ccccc21. The van der Waals surface area contributed by atoms with Gasteiger partial charge in [0.25, 0.3) is 0 Å². The highest BCUT2D eigenvalue weighted by atomic mass is 16.3. The molecule has 0 aliphatic carbocycles. The molecule has 0 amide bonds. The highest BCUT2D eigenvalue weighted by Gasteiger charge is 2.32. The number of aryl methyl sites for hydroxylation is 1. The number of fused-ring (bicyclic) bond motifs is 8. The molecule has 40 heavy (non-hydrogen) atoms. The van der Waals surface area contributed by atoms with Crippen LogP contribution in [0.25, 0.3) is 33.3 Å². The van der Waals surface area contributed by atoms with Crippen molar-refractivity contribution in [2.45, 2.75) is 31.2 Å². The maximum Gasteiger partial charge on any atom is 0.227 e. The number of furan rings is 1. The zero-order valence-electron chi connectivity index (χ0n) is 22.3. The van der Waals surface area contributed by atoms with E-state index in [2.05, 4.69) is 80.4 Å². The first-order valence-electron chi connectivity index (χ1n) is 13.7. The molecule has 0 N–H and O–H groups in total. The van der Waals surface area contributed by atoms with Crippen LogP contribution in [0, 0.1) is 0 Å². The molecule has 0 bridgehead atoms. The lowest BCUT2D eigenvalue weighted by Crippen LogP contribution is -2.27. The van der Waals surface area contributed by atoms with E-state index in [0.717, 1.165) is 63.1 Å². The molecule has 2 unspecified atom stereocenters. The number of pyridine rings is 1. The predicted molar refractivity (Wildman–Crippen MR) is 165 cm³/mol. The van der Waals surface area contributed by atoms with Gasteiger partial charge in [-0.05, 0) is 48.3 Å². The highest BCUT2D eigenvalue weighted by Crippen LogP contribution is 2.40. The van der Waals surface area contributed by atoms with Crippen LogP contribution in [-0.4, -0.2) is 22.4 Å². The van der Waals surface area contributed by atoms with Crippen LogP contribution in [-0.2, 0) is 6.42 Å². The summed E-state index contributed by atoms with van der Waals surface area (Å²) in [5, 5.41) is 2.02. The van der Waals surface area contributed by atoms with E-state index in [1.165, 1.54) is 16.7 Å². The van der Waals surface area contributed by atoms with E-state index < -0.39 is 0 Å². The zero-order chi connectivity index (χ0) is 27.2. The standard InChI is InChI=1S/C36H29N3O/c1-4-30-26-14-10-9-13-25(26)27-17-15-24-16-18-28-29-19-20-32(23-11-7-6-8-12-23)39-36(29)40-35(28)34(24)31(5-2)37-22(3)21-33(27)38-30/h4-14,16,18-20,27,33H,1-3,15,17,21H2/b37-31-. The summed E-state index contributed by atoms with van der Waals surface area (Å²) in [5.74, 6) is 0.256. The minimum absolute atomic E-state index is 0.0577. The molecule has 0 radical (unpaired) electrons. The van der Waals surface area contributed by atoms with E-state index in [9.17, 15) is 0 Å². The van der Waals surface area contributed by atoms with Gasteiger partial charge in [-0.1, -0.05) is 86.5 Å². The van der Waals surface area contributed by atoms with Gasteiger partial charge < -0.3 is 4.42 Å². The number of benzene rings is 3. The Kier molecular flexibility index (Phi) is 5.89. The second-order valence-corrected chi connectivity index (χ2v) is 10.5. The number of hydrogen-bond acceptors (Lipinski definition) is 4. The molecule has 4 heterocycles. The van der Waals surface area contributed by atoms with Gasteiger partial charge in [-0.3, -0.25) is 9.98 Å². The largest absolute Gasteiger partial charge is 0.437 e. The lowest BCUT2D eigenvalue weighted by molar-refractivity contribution is 0.490. The van der Waals surface area contributed by atoms with Crippen LogP contribution >= 0.6 is 0 Å². The van der Waals surface area contributed by atoms with Gasteiger partial charge in [0, 0.05) is 45.5 Å². The first-order chi connectivity index (χ1) is 19.6. The summed E-state index contributed by atoms with van der Waals surface area (Å²) in [7, 11) is 0. The Morgan fingerprint density at radius 3 is 2.42 bits per heavy atom. The van der Waals surface area contributed by atoms with E-state index in [-0.39, 0.29) is 12.0 Å². The van der Waals surface area contributed by atoms with Crippen molar-refractivity contribution in [1.82, 2.24) is 4.98 Å². The molecule has 0 spiro atoms. The average molecular weight is 520 g/mol. The van der Waals surface area contributed by atoms with E-state index in [4.69, 9.17) is 19.4 Å². The fourth-order valence-corrected chi connectivity index (χ4v) is 6.29. The molecule has 2 aromatic heterocycles. The number of allylic oxidation sites excluding steroid dienone is 2. The summed E-state index contributed by atoms with van der Waals surface area (Å²) >= 11 is 0. The quantitative estimate of drug-likeness (QED) is 0.240. The Morgan fingerprint density at radius 2 is 1.60 bits per heavy atom. The number of hydrogen-bond donors (Lipinski definition) is 0. The van der Waals surface area contributed by atoms with Crippen molar-refractivity contribution < 1.29 is 4.42 Å². The van der Waals surface area contributed by atoms with Crippen LogP contribution in [0.2, 0.25) is 0 Å². The van der Waals surface area contributed by atoms with Crippen molar-refractivity contribution in [1.29, 1.82) is 0 Å². The molecule has 7 rings (SSSR count). The summed E-state index contributed by atoms with van der Waals surface area (Å²) in [6, 6.07) is 27.3. The van der Waals surface area contributed by atoms with Crippen LogP contribution in [0.3, 0.4) is 0 Å². The Labute approximate surface area is 233 Å². The third-order valence-electron chi connectivity index (χ3n) is 8.16. The fourth-order valence-electron chi connectivity index (χ4n) is 6.29. The molecule has 0 saturated heterocycles. The number of rotatable bonds is 3. The zero-order valence-corrected chi connectivity index (χ0v) is 22.3. The third kappa shape index (κ3) is 3.95. The second-order valence-electron chi connectivity index (χ2n) is 10.5. The molecule has 2 aliphatic heterocycles. The van der Waals surface area contributed by atoms with Crippen molar-refractivity contribution >= 4 is 33.5 Å². The van der Waals surface area contributed by atoms with Gasteiger partial charge >= 0.3 is 0 Å². The molecular formula is C36H29N3O. The summed E-state index contributed by atoms with van der Waals surface area (Å²) in [6.07, 6.45) is 6.15. The normalized spacial score (nSPS) is 20.1. The summed E-state index contributed by atoms with van der Waals surface area (Å²) < 4.78 is 6.54.